The van der Waals surface area contributed by atoms with Gasteiger partial charge in [-0.2, -0.15) is 8.75 Å². The van der Waals surface area contributed by atoms with Gasteiger partial charge in [-0.1, -0.05) is 36.4 Å². The number of ether oxygens (including phenoxy) is 4. The van der Waals surface area contributed by atoms with E-state index in [2.05, 4.69) is 8.75 Å². The SMILES string of the molecule is COc1ccccc1C=O.COc1ccccc1CC1=C(c2ccc3nsnc3c2)C(=O)OC1(O)c1ccc(OC(C)C)cc1. The van der Waals surface area contributed by atoms with Crippen LogP contribution < -0.4 is 14.2 Å². The molecule has 9 nitrogen and oxygen atoms in total. The van der Waals surface area contributed by atoms with E-state index >= 15 is 0 Å². The first-order valence-corrected chi connectivity index (χ1v) is 14.9. The minimum atomic E-state index is -1.96. The number of para-hydroxylation sites is 2. The number of esters is 1. The van der Waals surface area contributed by atoms with Gasteiger partial charge < -0.3 is 24.1 Å². The Hall–Kier alpha value is -5.06. The van der Waals surface area contributed by atoms with Crippen LogP contribution in [0.5, 0.6) is 17.2 Å². The number of rotatable bonds is 9. The summed E-state index contributed by atoms with van der Waals surface area (Å²) in [6.07, 6.45) is 1.02. The van der Waals surface area contributed by atoms with Crippen LogP contribution in [0, 0.1) is 0 Å². The van der Waals surface area contributed by atoms with Crippen LogP contribution in [0.25, 0.3) is 16.6 Å². The Morgan fingerprint density at radius 2 is 1.56 bits per heavy atom. The van der Waals surface area contributed by atoms with Crippen LogP contribution >= 0.6 is 11.7 Å². The van der Waals surface area contributed by atoms with E-state index in [1.165, 1.54) is 0 Å². The number of hydrogen-bond acceptors (Lipinski definition) is 10. The second-order valence-corrected chi connectivity index (χ2v) is 10.9. The minimum absolute atomic E-state index is 0.0102. The maximum atomic E-state index is 13.3. The van der Waals surface area contributed by atoms with Crippen molar-refractivity contribution in [3.63, 3.8) is 0 Å². The predicted octanol–water partition coefficient (Wildman–Crippen LogP) is 6.39. The van der Waals surface area contributed by atoms with Gasteiger partial charge in [0, 0.05) is 17.6 Å². The van der Waals surface area contributed by atoms with Crippen LogP contribution in [0.2, 0.25) is 0 Å². The molecule has 0 aliphatic carbocycles. The van der Waals surface area contributed by atoms with Crippen molar-refractivity contribution in [1.82, 2.24) is 8.75 Å². The molecule has 5 aromatic rings. The van der Waals surface area contributed by atoms with Crippen molar-refractivity contribution in [3.8, 4) is 17.2 Å². The second-order valence-electron chi connectivity index (χ2n) is 10.4. The number of fused-ring (bicyclic) bond motifs is 1. The van der Waals surface area contributed by atoms with Crippen LogP contribution in [-0.4, -0.2) is 46.4 Å². The van der Waals surface area contributed by atoms with Gasteiger partial charge >= 0.3 is 5.97 Å². The number of carbonyl (C=O) groups is 2. The Balaban J connectivity index is 0.000000342. The van der Waals surface area contributed by atoms with Crippen molar-refractivity contribution in [3.05, 3.63) is 119 Å². The largest absolute Gasteiger partial charge is 0.496 e. The van der Waals surface area contributed by atoms with Gasteiger partial charge in [0.05, 0.1) is 43.2 Å². The van der Waals surface area contributed by atoms with Crippen molar-refractivity contribution in [2.24, 2.45) is 0 Å². The molecule has 0 spiro atoms. The summed E-state index contributed by atoms with van der Waals surface area (Å²) in [5.74, 6) is -0.631. The number of benzene rings is 4. The van der Waals surface area contributed by atoms with Gasteiger partial charge in [-0.15, -0.1) is 0 Å². The van der Waals surface area contributed by atoms with Crippen molar-refractivity contribution in [1.29, 1.82) is 0 Å². The Morgan fingerprint density at radius 1 is 0.889 bits per heavy atom. The van der Waals surface area contributed by atoms with E-state index < -0.39 is 11.8 Å². The Bertz CT molecular complexity index is 1850. The van der Waals surface area contributed by atoms with Gasteiger partial charge in [0.2, 0.25) is 0 Å². The molecule has 0 radical (unpaired) electrons. The first-order chi connectivity index (χ1) is 21.8. The number of nitrogens with zero attached hydrogens (tertiary/aromatic N) is 2. The quantitative estimate of drug-likeness (QED) is 0.147. The molecule has 1 unspecified atom stereocenters. The van der Waals surface area contributed by atoms with Crippen LogP contribution in [0.4, 0.5) is 0 Å². The summed E-state index contributed by atoms with van der Waals surface area (Å²) in [4.78, 5) is 23.6. The predicted molar refractivity (Wildman–Crippen MR) is 172 cm³/mol. The molecule has 0 amide bonds. The molecule has 230 valence electrons. The summed E-state index contributed by atoms with van der Waals surface area (Å²) in [5, 5.41) is 11.9. The summed E-state index contributed by atoms with van der Waals surface area (Å²) >= 11 is 1.11. The normalized spacial score (nSPS) is 15.8. The monoisotopic (exact) mass is 624 g/mol. The lowest BCUT2D eigenvalue weighted by atomic mass is 9.87. The molecule has 0 saturated heterocycles. The highest BCUT2D eigenvalue weighted by molar-refractivity contribution is 7.00. The molecule has 1 aliphatic heterocycles. The van der Waals surface area contributed by atoms with Crippen molar-refractivity contribution >= 4 is 40.6 Å². The summed E-state index contributed by atoms with van der Waals surface area (Å²) in [5.41, 5.74) is 4.58. The number of carbonyl (C=O) groups excluding carboxylic acids is 2. The van der Waals surface area contributed by atoms with Gasteiger partial charge in [0.1, 0.15) is 28.3 Å². The van der Waals surface area contributed by atoms with Crippen LogP contribution in [0.1, 0.15) is 40.9 Å². The number of aromatic nitrogens is 2. The second kappa shape index (κ2) is 13.7. The molecule has 1 aliphatic rings. The van der Waals surface area contributed by atoms with Crippen molar-refractivity contribution in [2.75, 3.05) is 14.2 Å². The summed E-state index contributed by atoms with van der Waals surface area (Å²) in [6.45, 7) is 3.88. The van der Waals surface area contributed by atoms with E-state index in [1.807, 2.05) is 50.2 Å². The Morgan fingerprint density at radius 3 is 2.22 bits per heavy atom. The zero-order chi connectivity index (χ0) is 32.0. The number of aldehydes is 1. The van der Waals surface area contributed by atoms with Gasteiger partial charge in [-0.05, 0) is 79.6 Å². The number of aliphatic hydroxyl groups is 1. The van der Waals surface area contributed by atoms with Gasteiger partial charge in [0.15, 0.2) is 6.29 Å². The average molecular weight is 625 g/mol. The molecule has 45 heavy (non-hydrogen) atoms. The zero-order valence-electron chi connectivity index (χ0n) is 25.2. The maximum Gasteiger partial charge on any atom is 0.342 e. The molecule has 1 atom stereocenters. The van der Waals surface area contributed by atoms with E-state index in [0.717, 1.165) is 29.1 Å². The lowest BCUT2D eigenvalue weighted by Crippen LogP contribution is -2.29. The summed E-state index contributed by atoms with van der Waals surface area (Å²) in [6, 6.07) is 26.9. The highest BCUT2D eigenvalue weighted by atomic mass is 32.1. The van der Waals surface area contributed by atoms with Crippen molar-refractivity contribution < 1.29 is 33.6 Å². The third kappa shape index (κ3) is 6.72. The van der Waals surface area contributed by atoms with Gasteiger partial charge in [0.25, 0.3) is 5.79 Å². The first-order valence-electron chi connectivity index (χ1n) is 14.2. The topological polar surface area (TPSA) is 117 Å². The highest BCUT2D eigenvalue weighted by Crippen LogP contribution is 2.46. The molecule has 10 heteroatoms. The standard InChI is InChI=1S/C27H24N2O5S.C8H8O2/c1-16(2)33-20-11-9-19(10-12-20)27(31)21(14-17-6-4-5-7-24(17)32-3)25(26(30)34-27)18-8-13-22-23(15-18)29-35-28-22;1-10-8-5-3-2-4-7(8)6-9/h4-13,15-16,31H,14H2,1-3H3;2-6H,1H3. The average Bonchev–Trinajstić information content (AvgIpc) is 3.62. The third-order valence-electron chi connectivity index (χ3n) is 7.14. The van der Waals surface area contributed by atoms with E-state index in [9.17, 15) is 14.7 Å². The molecular weight excluding hydrogens is 592 g/mol. The maximum absolute atomic E-state index is 13.3. The molecule has 0 saturated carbocycles. The lowest BCUT2D eigenvalue weighted by molar-refractivity contribution is -0.185. The van der Waals surface area contributed by atoms with E-state index in [0.29, 0.717) is 50.6 Å². The van der Waals surface area contributed by atoms with Gasteiger partial charge in [-0.3, -0.25) is 4.79 Å². The molecule has 1 aromatic heterocycles. The van der Waals surface area contributed by atoms with E-state index in [-0.39, 0.29) is 12.5 Å². The summed E-state index contributed by atoms with van der Waals surface area (Å²) in [7, 11) is 3.13. The van der Waals surface area contributed by atoms with Gasteiger partial charge in [-0.25, -0.2) is 4.79 Å². The fraction of sp³-hybridized carbons (Fsp3) is 0.200. The third-order valence-corrected chi connectivity index (χ3v) is 7.70. The highest BCUT2D eigenvalue weighted by Gasteiger charge is 2.48. The molecule has 0 fully saturated rings. The molecule has 4 aromatic carbocycles. The van der Waals surface area contributed by atoms with Crippen LogP contribution in [0.15, 0.2) is 96.6 Å². The molecule has 2 heterocycles. The first kappa shape index (κ1) is 31.4. The Labute approximate surface area is 265 Å². The fourth-order valence-corrected chi connectivity index (χ4v) is 5.56. The summed E-state index contributed by atoms with van der Waals surface area (Å²) < 4.78 is 30.4. The Kier molecular flexibility index (Phi) is 9.56. The van der Waals surface area contributed by atoms with E-state index in [1.54, 1.807) is 68.8 Å². The number of cyclic esters (lactones) is 1. The van der Waals surface area contributed by atoms with Crippen LogP contribution in [0.3, 0.4) is 0 Å². The molecule has 0 bridgehead atoms. The molecule has 6 rings (SSSR count). The van der Waals surface area contributed by atoms with E-state index in [4.69, 9.17) is 18.9 Å². The number of methoxy groups -OCH3 is 2. The van der Waals surface area contributed by atoms with Crippen molar-refractivity contribution in [2.45, 2.75) is 32.2 Å². The van der Waals surface area contributed by atoms with Crippen LogP contribution in [-0.2, 0) is 21.7 Å². The minimum Gasteiger partial charge on any atom is -0.496 e. The molecule has 1 N–H and O–H groups in total. The smallest absolute Gasteiger partial charge is 0.342 e. The lowest BCUT2D eigenvalue weighted by Gasteiger charge is -2.26. The molecular formula is C35H32N2O7S. The fourth-order valence-electron chi connectivity index (χ4n) is 5.05. The zero-order valence-corrected chi connectivity index (χ0v) is 26.0. The number of hydrogen-bond donors (Lipinski definition) is 1.